The topological polar surface area (TPSA) is 55.5 Å². The Morgan fingerprint density at radius 3 is 2.71 bits per heavy atom. The third-order valence-electron chi connectivity index (χ3n) is 2.47. The van der Waals surface area contributed by atoms with Gasteiger partial charge >= 0.3 is 0 Å². The van der Waals surface area contributed by atoms with Gasteiger partial charge in [-0.15, -0.1) is 12.4 Å². The fourth-order valence-electron chi connectivity index (χ4n) is 1.54. The Labute approximate surface area is 110 Å². The quantitative estimate of drug-likeness (QED) is 0.902. The minimum Gasteiger partial charge on any atom is -0.508 e. The number of nitrogens with two attached hydrogens (primary N) is 1. The van der Waals surface area contributed by atoms with Crippen LogP contribution in [0.3, 0.4) is 0 Å². The van der Waals surface area contributed by atoms with E-state index in [1.54, 1.807) is 36.6 Å². The van der Waals surface area contributed by atoms with Crippen LogP contribution in [0.2, 0.25) is 0 Å². The molecule has 0 fully saturated rings. The zero-order valence-corrected chi connectivity index (χ0v) is 10.9. The SMILES string of the molecule is COc1ccc(O)c([C@@H](N)c2ccsc2)c1.Cl. The summed E-state index contributed by atoms with van der Waals surface area (Å²) in [5.41, 5.74) is 7.75. The summed E-state index contributed by atoms with van der Waals surface area (Å²) in [6, 6.07) is 6.70. The fourth-order valence-corrected chi connectivity index (χ4v) is 2.24. The number of ether oxygens (including phenoxy) is 1. The lowest BCUT2D eigenvalue weighted by atomic mass is 10.0. The Morgan fingerprint density at radius 1 is 1.35 bits per heavy atom. The van der Waals surface area contributed by atoms with Crippen molar-refractivity contribution in [3.63, 3.8) is 0 Å². The Balaban J connectivity index is 0.00000144. The van der Waals surface area contributed by atoms with Crippen LogP contribution in [0.4, 0.5) is 0 Å². The lowest BCUT2D eigenvalue weighted by Crippen LogP contribution is -2.11. The minimum atomic E-state index is -0.318. The van der Waals surface area contributed by atoms with Crippen molar-refractivity contribution in [3.8, 4) is 11.5 Å². The molecule has 0 saturated heterocycles. The molecule has 1 atom stereocenters. The molecule has 3 N–H and O–H groups in total. The number of phenols is 1. The normalized spacial score (nSPS) is 11.6. The second-order valence-electron chi connectivity index (χ2n) is 3.46. The van der Waals surface area contributed by atoms with Gasteiger partial charge in [-0.25, -0.2) is 0 Å². The number of benzene rings is 1. The van der Waals surface area contributed by atoms with Crippen LogP contribution in [-0.4, -0.2) is 12.2 Å². The number of halogens is 1. The summed E-state index contributed by atoms with van der Waals surface area (Å²) in [6.07, 6.45) is 0. The molecule has 1 aromatic carbocycles. The smallest absolute Gasteiger partial charge is 0.120 e. The van der Waals surface area contributed by atoms with Crippen molar-refractivity contribution >= 4 is 23.7 Å². The summed E-state index contributed by atoms with van der Waals surface area (Å²) < 4.78 is 5.11. The molecule has 0 aliphatic carbocycles. The highest BCUT2D eigenvalue weighted by molar-refractivity contribution is 7.08. The van der Waals surface area contributed by atoms with Crippen LogP contribution in [0.1, 0.15) is 17.2 Å². The maximum absolute atomic E-state index is 9.77. The first-order valence-corrected chi connectivity index (χ1v) is 5.81. The second-order valence-corrected chi connectivity index (χ2v) is 4.24. The van der Waals surface area contributed by atoms with E-state index in [9.17, 15) is 5.11 Å². The molecule has 0 aliphatic heterocycles. The predicted octanol–water partition coefficient (Wildman–Crippen LogP) is 2.93. The summed E-state index contributed by atoms with van der Waals surface area (Å²) >= 11 is 1.59. The number of methoxy groups -OCH3 is 1. The van der Waals surface area contributed by atoms with Crippen molar-refractivity contribution in [1.29, 1.82) is 0 Å². The molecule has 1 heterocycles. The van der Waals surface area contributed by atoms with Crippen LogP contribution < -0.4 is 10.5 Å². The van der Waals surface area contributed by atoms with Gasteiger partial charge in [0.2, 0.25) is 0 Å². The molecule has 0 unspecified atom stereocenters. The first-order valence-electron chi connectivity index (χ1n) is 4.87. The standard InChI is InChI=1S/C12H13NO2S.ClH/c1-15-9-2-3-11(14)10(6-9)12(13)8-4-5-16-7-8;/h2-7,12,14H,13H2,1H3;1H/t12-;/m0./s1. The highest BCUT2D eigenvalue weighted by Gasteiger charge is 2.14. The summed E-state index contributed by atoms with van der Waals surface area (Å²) in [5, 5.41) is 13.7. The van der Waals surface area contributed by atoms with Crippen LogP contribution in [0.15, 0.2) is 35.0 Å². The summed E-state index contributed by atoms with van der Waals surface area (Å²) in [7, 11) is 1.59. The largest absolute Gasteiger partial charge is 0.508 e. The first-order chi connectivity index (χ1) is 7.72. The Morgan fingerprint density at radius 2 is 2.12 bits per heavy atom. The third kappa shape index (κ3) is 2.91. The van der Waals surface area contributed by atoms with Crippen LogP contribution in [-0.2, 0) is 0 Å². The summed E-state index contributed by atoms with van der Waals surface area (Å²) in [4.78, 5) is 0. The van der Waals surface area contributed by atoms with E-state index in [1.165, 1.54) is 0 Å². The molecule has 17 heavy (non-hydrogen) atoms. The molecule has 0 saturated carbocycles. The van der Waals surface area contributed by atoms with Crippen molar-refractivity contribution in [2.45, 2.75) is 6.04 Å². The molecule has 5 heteroatoms. The van der Waals surface area contributed by atoms with Gasteiger partial charge in [-0.2, -0.15) is 11.3 Å². The number of hydrogen-bond acceptors (Lipinski definition) is 4. The maximum Gasteiger partial charge on any atom is 0.120 e. The average Bonchev–Trinajstić information content (AvgIpc) is 2.82. The van der Waals surface area contributed by atoms with Gasteiger partial charge in [0.15, 0.2) is 0 Å². The van der Waals surface area contributed by atoms with Gasteiger partial charge in [0.05, 0.1) is 13.2 Å². The highest BCUT2D eigenvalue weighted by Crippen LogP contribution is 2.31. The number of hydrogen-bond donors (Lipinski definition) is 2. The zero-order chi connectivity index (χ0) is 11.5. The molecule has 0 spiro atoms. The van der Waals surface area contributed by atoms with Crippen LogP contribution in [0.25, 0.3) is 0 Å². The van der Waals surface area contributed by atoms with Crippen LogP contribution in [0, 0.1) is 0 Å². The van der Waals surface area contributed by atoms with E-state index in [0.717, 1.165) is 5.56 Å². The first kappa shape index (κ1) is 13.8. The highest BCUT2D eigenvalue weighted by atomic mass is 35.5. The van der Waals surface area contributed by atoms with Crippen molar-refractivity contribution < 1.29 is 9.84 Å². The summed E-state index contributed by atoms with van der Waals surface area (Å²) in [5.74, 6) is 0.887. The van der Waals surface area contributed by atoms with E-state index >= 15 is 0 Å². The Kier molecular flexibility index (Phi) is 4.81. The molecular weight excluding hydrogens is 258 g/mol. The maximum atomic E-state index is 9.77. The van der Waals surface area contributed by atoms with Gasteiger partial charge < -0.3 is 15.6 Å². The minimum absolute atomic E-state index is 0. The molecule has 0 radical (unpaired) electrons. The van der Waals surface area contributed by atoms with Gasteiger partial charge in [-0.1, -0.05) is 0 Å². The summed E-state index contributed by atoms with van der Waals surface area (Å²) in [6.45, 7) is 0. The molecule has 2 aromatic rings. The molecule has 0 amide bonds. The number of thiophene rings is 1. The van der Waals surface area contributed by atoms with Crippen LogP contribution in [0.5, 0.6) is 11.5 Å². The molecule has 3 nitrogen and oxygen atoms in total. The van der Waals surface area contributed by atoms with Gasteiger partial charge in [-0.3, -0.25) is 0 Å². The van der Waals surface area contributed by atoms with Crippen LogP contribution >= 0.6 is 23.7 Å². The molecule has 1 aromatic heterocycles. The Hall–Kier alpha value is -1.23. The monoisotopic (exact) mass is 271 g/mol. The Bertz CT molecular complexity index is 473. The van der Waals surface area contributed by atoms with E-state index in [1.807, 2.05) is 16.8 Å². The van der Waals surface area contributed by atoms with Crippen molar-refractivity contribution in [2.24, 2.45) is 5.73 Å². The van der Waals surface area contributed by atoms with E-state index < -0.39 is 0 Å². The molecule has 2 rings (SSSR count). The van der Waals surface area contributed by atoms with Crippen molar-refractivity contribution in [2.75, 3.05) is 7.11 Å². The van der Waals surface area contributed by atoms with E-state index in [-0.39, 0.29) is 24.2 Å². The van der Waals surface area contributed by atoms with Gasteiger partial charge in [0.25, 0.3) is 0 Å². The van der Waals surface area contributed by atoms with E-state index in [4.69, 9.17) is 10.5 Å². The van der Waals surface area contributed by atoms with Crippen molar-refractivity contribution in [1.82, 2.24) is 0 Å². The number of aromatic hydroxyl groups is 1. The third-order valence-corrected chi connectivity index (χ3v) is 3.17. The van der Waals surface area contributed by atoms with E-state index in [0.29, 0.717) is 11.3 Å². The fraction of sp³-hybridized carbons (Fsp3) is 0.167. The lowest BCUT2D eigenvalue weighted by Gasteiger charge is -2.13. The predicted molar refractivity (Wildman–Crippen MR) is 72.3 cm³/mol. The van der Waals surface area contributed by atoms with Crippen molar-refractivity contribution in [3.05, 3.63) is 46.2 Å². The second kappa shape index (κ2) is 5.91. The molecule has 0 aliphatic rings. The number of rotatable bonds is 3. The molecule has 0 bridgehead atoms. The lowest BCUT2D eigenvalue weighted by molar-refractivity contribution is 0.410. The zero-order valence-electron chi connectivity index (χ0n) is 9.29. The molecule has 92 valence electrons. The van der Waals surface area contributed by atoms with Gasteiger partial charge in [0.1, 0.15) is 11.5 Å². The van der Waals surface area contributed by atoms with Gasteiger partial charge in [-0.05, 0) is 40.6 Å². The number of phenolic OH excluding ortho intramolecular Hbond substituents is 1. The molecular formula is C12H14ClNO2S. The van der Waals surface area contributed by atoms with Gasteiger partial charge in [0, 0.05) is 5.56 Å². The average molecular weight is 272 g/mol. The van der Waals surface area contributed by atoms with E-state index in [2.05, 4.69) is 0 Å².